The summed E-state index contributed by atoms with van der Waals surface area (Å²) in [5.41, 5.74) is 3.36. The Kier molecular flexibility index (Phi) is 6.50. The normalized spacial score (nSPS) is 12.4. The highest BCUT2D eigenvalue weighted by molar-refractivity contribution is 8.00. The molecule has 0 saturated carbocycles. The summed E-state index contributed by atoms with van der Waals surface area (Å²) in [7, 11) is 0. The molecule has 8 heteroatoms. The van der Waals surface area contributed by atoms with E-state index in [0.29, 0.717) is 22.2 Å². The van der Waals surface area contributed by atoms with Gasteiger partial charge in [0.05, 0.1) is 5.25 Å². The first-order valence-electron chi connectivity index (χ1n) is 9.96. The number of hydrogen-bond donors (Lipinski definition) is 2. The Balaban J connectivity index is 1.68. The number of nitrogens with two attached hydrogens (primary N) is 1. The quantitative estimate of drug-likeness (QED) is 0.339. The second-order valence-electron chi connectivity index (χ2n) is 8.39. The van der Waals surface area contributed by atoms with Gasteiger partial charge in [0, 0.05) is 16.8 Å². The van der Waals surface area contributed by atoms with Crippen LogP contribution in [0.25, 0.3) is 11.4 Å². The number of nitrogens with zero attached hydrogens (tertiary/aromatic N) is 3. The third kappa shape index (κ3) is 5.32. The molecule has 0 radical (unpaired) electrons. The molecule has 1 unspecified atom stereocenters. The van der Waals surface area contributed by atoms with Gasteiger partial charge in [0.15, 0.2) is 11.6 Å². The highest BCUT2D eigenvalue weighted by Gasteiger charge is 2.21. The first-order valence-corrected chi connectivity index (χ1v) is 10.8. The number of hydrogen-bond acceptors (Lipinski definition) is 6. The van der Waals surface area contributed by atoms with Gasteiger partial charge in [0.25, 0.3) is 0 Å². The highest BCUT2D eigenvalue weighted by Crippen LogP contribution is 2.28. The number of benzene rings is 2. The van der Waals surface area contributed by atoms with Gasteiger partial charge in [-0.15, -0.1) is 10.2 Å². The fourth-order valence-electron chi connectivity index (χ4n) is 2.92. The minimum absolute atomic E-state index is 0.0204. The molecule has 3 N–H and O–H groups in total. The van der Waals surface area contributed by atoms with Crippen LogP contribution < -0.4 is 11.2 Å². The van der Waals surface area contributed by atoms with E-state index >= 15 is 0 Å². The smallest absolute Gasteiger partial charge is 0.237 e. The number of carbonyl (C=O) groups is 2. The first-order chi connectivity index (χ1) is 14.6. The zero-order valence-corrected chi connectivity index (χ0v) is 19.2. The number of aromatic nitrogens is 3. The SMILES string of the molecule is CC(=O)c1ccc(NC(=O)C(C)Sc2nnc(-c3ccc(C(C)(C)C)cc3)n2N)cc1. The third-order valence-corrected chi connectivity index (χ3v) is 5.94. The Bertz CT molecular complexity index is 1080. The predicted octanol–water partition coefficient (Wildman–Crippen LogP) is 4.28. The van der Waals surface area contributed by atoms with Gasteiger partial charge in [-0.05, 0) is 49.1 Å². The number of Topliss-reactive ketones (excluding diaryl/α,β-unsaturated/α-hetero) is 1. The zero-order chi connectivity index (χ0) is 22.8. The summed E-state index contributed by atoms with van der Waals surface area (Å²) in [6, 6.07) is 14.8. The lowest BCUT2D eigenvalue weighted by Crippen LogP contribution is -2.23. The van der Waals surface area contributed by atoms with Crippen molar-refractivity contribution in [2.45, 2.75) is 50.4 Å². The lowest BCUT2D eigenvalue weighted by atomic mass is 9.87. The summed E-state index contributed by atoms with van der Waals surface area (Å²) in [5, 5.41) is 11.2. The van der Waals surface area contributed by atoms with Crippen molar-refractivity contribution < 1.29 is 9.59 Å². The maximum absolute atomic E-state index is 12.6. The van der Waals surface area contributed by atoms with Gasteiger partial charge in [0.1, 0.15) is 0 Å². The Morgan fingerprint density at radius 1 is 1.03 bits per heavy atom. The maximum atomic E-state index is 12.6. The summed E-state index contributed by atoms with van der Waals surface area (Å²) in [5.74, 6) is 6.53. The predicted molar refractivity (Wildman–Crippen MR) is 125 cm³/mol. The van der Waals surface area contributed by atoms with Gasteiger partial charge in [-0.2, -0.15) is 0 Å². The monoisotopic (exact) mass is 437 g/mol. The van der Waals surface area contributed by atoms with Crippen LogP contribution in [0.15, 0.2) is 53.7 Å². The topological polar surface area (TPSA) is 103 Å². The molecule has 162 valence electrons. The van der Waals surface area contributed by atoms with Crippen LogP contribution in [0.5, 0.6) is 0 Å². The van der Waals surface area contributed by atoms with Crippen molar-refractivity contribution in [1.29, 1.82) is 0 Å². The largest absolute Gasteiger partial charge is 0.335 e. The Hall–Kier alpha value is -3.13. The van der Waals surface area contributed by atoms with Crippen LogP contribution >= 0.6 is 11.8 Å². The summed E-state index contributed by atoms with van der Waals surface area (Å²) < 4.78 is 1.40. The Morgan fingerprint density at radius 2 is 1.65 bits per heavy atom. The molecule has 0 aliphatic rings. The second kappa shape index (κ2) is 8.93. The lowest BCUT2D eigenvalue weighted by Gasteiger charge is -2.19. The van der Waals surface area contributed by atoms with Crippen molar-refractivity contribution in [3.8, 4) is 11.4 Å². The van der Waals surface area contributed by atoms with E-state index < -0.39 is 5.25 Å². The summed E-state index contributed by atoms with van der Waals surface area (Å²) >= 11 is 1.23. The van der Waals surface area contributed by atoms with Crippen LogP contribution in [0.1, 0.15) is 50.5 Å². The Morgan fingerprint density at radius 3 is 2.19 bits per heavy atom. The standard InChI is InChI=1S/C23H27N5O2S/c1-14(29)16-8-12-19(13-9-16)25-21(30)15(2)31-22-27-26-20(28(22)24)17-6-10-18(11-7-17)23(3,4)5/h6-13,15H,24H2,1-5H3,(H,25,30). The minimum atomic E-state index is -0.449. The number of amides is 1. The lowest BCUT2D eigenvalue weighted by molar-refractivity contribution is -0.115. The molecule has 1 atom stereocenters. The molecule has 0 saturated heterocycles. The average Bonchev–Trinajstić information content (AvgIpc) is 3.08. The second-order valence-corrected chi connectivity index (χ2v) is 9.69. The van der Waals surface area contributed by atoms with E-state index in [1.54, 1.807) is 31.2 Å². The van der Waals surface area contributed by atoms with Gasteiger partial charge in [-0.25, -0.2) is 4.68 Å². The molecule has 3 aromatic rings. The van der Waals surface area contributed by atoms with Crippen molar-refractivity contribution in [3.05, 3.63) is 59.7 Å². The van der Waals surface area contributed by atoms with Gasteiger partial charge in [-0.1, -0.05) is 56.8 Å². The van der Waals surface area contributed by atoms with E-state index in [2.05, 4.69) is 48.4 Å². The maximum Gasteiger partial charge on any atom is 0.237 e. The molecule has 0 fully saturated rings. The fourth-order valence-corrected chi connectivity index (χ4v) is 3.69. The summed E-state index contributed by atoms with van der Waals surface area (Å²) in [4.78, 5) is 23.9. The molecular weight excluding hydrogens is 410 g/mol. The number of thioether (sulfide) groups is 1. The number of ketones is 1. The van der Waals surface area contributed by atoms with Gasteiger partial charge >= 0.3 is 0 Å². The molecule has 0 aliphatic heterocycles. The molecule has 0 spiro atoms. The minimum Gasteiger partial charge on any atom is -0.335 e. The number of rotatable bonds is 6. The summed E-state index contributed by atoms with van der Waals surface area (Å²) in [6.07, 6.45) is 0. The number of carbonyl (C=O) groups excluding carboxylic acids is 2. The van der Waals surface area contributed by atoms with Gasteiger partial charge < -0.3 is 11.2 Å². The van der Waals surface area contributed by atoms with Crippen LogP contribution in [0.3, 0.4) is 0 Å². The molecular formula is C23H27N5O2S. The van der Waals surface area contributed by atoms with E-state index in [0.717, 1.165) is 5.56 Å². The molecule has 2 aromatic carbocycles. The van der Waals surface area contributed by atoms with E-state index in [9.17, 15) is 9.59 Å². The number of anilines is 1. The van der Waals surface area contributed by atoms with Crippen molar-refractivity contribution in [1.82, 2.24) is 14.9 Å². The van der Waals surface area contributed by atoms with Crippen LogP contribution in [-0.2, 0) is 10.2 Å². The third-order valence-electron chi connectivity index (χ3n) is 4.88. The van der Waals surface area contributed by atoms with Gasteiger partial charge in [-0.3, -0.25) is 9.59 Å². The molecule has 1 amide bonds. The molecule has 1 aromatic heterocycles. The van der Waals surface area contributed by atoms with Crippen LogP contribution in [0.2, 0.25) is 0 Å². The molecule has 31 heavy (non-hydrogen) atoms. The number of nitrogens with one attached hydrogen (secondary N) is 1. The summed E-state index contributed by atoms with van der Waals surface area (Å²) in [6.45, 7) is 9.75. The molecule has 7 nitrogen and oxygen atoms in total. The fraction of sp³-hybridized carbons (Fsp3) is 0.304. The van der Waals surface area contributed by atoms with E-state index in [1.165, 1.54) is 28.9 Å². The molecule has 1 heterocycles. The molecule has 0 bridgehead atoms. The highest BCUT2D eigenvalue weighted by atomic mass is 32.2. The zero-order valence-electron chi connectivity index (χ0n) is 18.3. The van der Waals surface area contributed by atoms with Crippen molar-refractivity contribution in [3.63, 3.8) is 0 Å². The first kappa shape index (κ1) is 22.6. The molecule has 0 aliphatic carbocycles. The van der Waals surface area contributed by atoms with Crippen LogP contribution in [0, 0.1) is 0 Å². The van der Waals surface area contributed by atoms with E-state index in [-0.39, 0.29) is 17.1 Å². The number of nitrogen functional groups attached to an aromatic ring is 1. The van der Waals surface area contributed by atoms with Crippen molar-refractivity contribution in [2.75, 3.05) is 11.2 Å². The van der Waals surface area contributed by atoms with Crippen LogP contribution in [-0.4, -0.2) is 31.8 Å². The van der Waals surface area contributed by atoms with Crippen molar-refractivity contribution >= 4 is 29.1 Å². The van der Waals surface area contributed by atoms with E-state index in [4.69, 9.17) is 5.84 Å². The van der Waals surface area contributed by atoms with Gasteiger partial charge in [0.2, 0.25) is 11.1 Å². The van der Waals surface area contributed by atoms with E-state index in [1.807, 2.05) is 12.1 Å². The molecule has 3 rings (SSSR count). The average molecular weight is 438 g/mol. The van der Waals surface area contributed by atoms with Crippen LogP contribution in [0.4, 0.5) is 5.69 Å². The Labute approximate surface area is 186 Å². The van der Waals surface area contributed by atoms with Crippen molar-refractivity contribution in [2.24, 2.45) is 0 Å².